The molecule has 2 N–H and O–H groups in total. The van der Waals surface area contributed by atoms with Crippen LogP contribution >= 0.6 is 0 Å². The Morgan fingerprint density at radius 2 is 2.13 bits per heavy atom. The number of rotatable bonds is 1. The molecule has 3 heteroatoms. The summed E-state index contributed by atoms with van der Waals surface area (Å²) in [6, 6.07) is 5.27. The second-order valence-electron chi connectivity index (χ2n) is 4.41. The molecule has 1 unspecified atom stereocenters. The van der Waals surface area contributed by atoms with Crippen LogP contribution < -0.4 is 5.32 Å². The highest BCUT2D eigenvalue weighted by molar-refractivity contribution is 5.99. The highest BCUT2D eigenvalue weighted by atomic mass is 16.3. The zero-order valence-corrected chi connectivity index (χ0v) is 8.36. The Bertz CT molecular complexity index is 424. The van der Waals surface area contributed by atoms with Gasteiger partial charge in [0.05, 0.1) is 6.04 Å². The standard InChI is InChI=1S/C12H13NO2/c14-8-4-5-9-10(6-8)12(15)13-11(9)7-2-1-3-7/h4-7,11,14H,1-3H2,(H,13,15). The first-order chi connectivity index (χ1) is 7.25. The molecule has 3 rings (SSSR count). The summed E-state index contributed by atoms with van der Waals surface area (Å²) in [4.78, 5) is 11.7. The van der Waals surface area contributed by atoms with E-state index in [1.54, 1.807) is 12.1 Å². The molecule has 1 heterocycles. The minimum Gasteiger partial charge on any atom is -0.508 e. The third-order valence-corrected chi connectivity index (χ3v) is 3.52. The second kappa shape index (κ2) is 2.99. The molecule has 0 radical (unpaired) electrons. The van der Waals surface area contributed by atoms with Crippen molar-refractivity contribution in [2.24, 2.45) is 5.92 Å². The molecule has 2 aliphatic rings. The first-order valence-corrected chi connectivity index (χ1v) is 5.39. The summed E-state index contributed by atoms with van der Waals surface area (Å²) < 4.78 is 0. The van der Waals surface area contributed by atoms with Crippen LogP contribution in [0.4, 0.5) is 0 Å². The van der Waals surface area contributed by atoms with Crippen molar-refractivity contribution in [2.75, 3.05) is 0 Å². The lowest BCUT2D eigenvalue weighted by molar-refractivity contribution is 0.0932. The summed E-state index contributed by atoms with van der Waals surface area (Å²) in [6.07, 6.45) is 3.67. The van der Waals surface area contributed by atoms with Crippen molar-refractivity contribution in [3.05, 3.63) is 29.3 Å². The molecule has 0 saturated heterocycles. The Hall–Kier alpha value is -1.51. The van der Waals surface area contributed by atoms with E-state index in [1.807, 2.05) is 6.07 Å². The van der Waals surface area contributed by atoms with Crippen LogP contribution in [0, 0.1) is 5.92 Å². The molecule has 1 amide bonds. The molecule has 15 heavy (non-hydrogen) atoms. The number of benzene rings is 1. The van der Waals surface area contributed by atoms with Gasteiger partial charge in [-0.3, -0.25) is 4.79 Å². The van der Waals surface area contributed by atoms with Gasteiger partial charge in [-0.05, 0) is 36.5 Å². The van der Waals surface area contributed by atoms with Crippen molar-refractivity contribution in [1.29, 1.82) is 0 Å². The number of carbonyl (C=O) groups is 1. The van der Waals surface area contributed by atoms with E-state index in [0.717, 1.165) is 5.56 Å². The van der Waals surface area contributed by atoms with Crippen LogP contribution in [0.15, 0.2) is 18.2 Å². The summed E-state index contributed by atoms with van der Waals surface area (Å²) in [5, 5.41) is 12.3. The number of phenolic OH excluding ortho intramolecular Hbond substituents is 1. The SMILES string of the molecule is O=C1NC(C2CCC2)c2ccc(O)cc21. The zero-order valence-electron chi connectivity index (χ0n) is 8.36. The van der Waals surface area contributed by atoms with Crippen LogP contribution in [0.25, 0.3) is 0 Å². The molecule has 78 valence electrons. The van der Waals surface area contributed by atoms with Gasteiger partial charge in [0, 0.05) is 5.56 Å². The molecule has 1 aliphatic heterocycles. The predicted molar refractivity (Wildman–Crippen MR) is 55.7 cm³/mol. The molecule has 1 aromatic rings. The summed E-state index contributed by atoms with van der Waals surface area (Å²) in [7, 11) is 0. The van der Waals surface area contributed by atoms with E-state index in [2.05, 4.69) is 5.32 Å². The van der Waals surface area contributed by atoms with Gasteiger partial charge < -0.3 is 10.4 Å². The summed E-state index contributed by atoms with van der Waals surface area (Å²) in [5.41, 5.74) is 1.70. The maximum absolute atomic E-state index is 11.7. The van der Waals surface area contributed by atoms with Crippen molar-refractivity contribution in [3.63, 3.8) is 0 Å². The normalized spacial score (nSPS) is 24.5. The zero-order chi connectivity index (χ0) is 10.4. The maximum atomic E-state index is 11.7. The highest BCUT2D eigenvalue weighted by Crippen LogP contribution is 2.42. The van der Waals surface area contributed by atoms with Crippen LogP contribution in [0.5, 0.6) is 5.75 Å². The average molecular weight is 203 g/mol. The van der Waals surface area contributed by atoms with Crippen LogP contribution in [0.1, 0.15) is 41.2 Å². The third kappa shape index (κ3) is 1.23. The third-order valence-electron chi connectivity index (χ3n) is 3.52. The lowest BCUT2D eigenvalue weighted by atomic mass is 9.77. The summed E-state index contributed by atoms with van der Waals surface area (Å²) in [6.45, 7) is 0. The van der Waals surface area contributed by atoms with Gasteiger partial charge >= 0.3 is 0 Å². The van der Waals surface area contributed by atoms with Crippen LogP contribution in [0.3, 0.4) is 0 Å². The van der Waals surface area contributed by atoms with Crippen LogP contribution in [0.2, 0.25) is 0 Å². The average Bonchev–Trinajstić information content (AvgIpc) is 2.41. The second-order valence-corrected chi connectivity index (χ2v) is 4.41. The van der Waals surface area contributed by atoms with Crippen LogP contribution in [-0.2, 0) is 0 Å². The molecule has 0 aromatic heterocycles. The minimum atomic E-state index is -0.0437. The Kier molecular flexibility index (Phi) is 1.75. The first-order valence-electron chi connectivity index (χ1n) is 5.39. The van der Waals surface area contributed by atoms with Crippen molar-refractivity contribution in [3.8, 4) is 5.75 Å². The Morgan fingerprint density at radius 1 is 1.33 bits per heavy atom. The Balaban J connectivity index is 2.01. The number of hydrogen-bond donors (Lipinski definition) is 2. The van der Waals surface area contributed by atoms with E-state index in [1.165, 1.54) is 19.3 Å². The van der Waals surface area contributed by atoms with E-state index in [9.17, 15) is 9.90 Å². The Labute approximate surface area is 88.1 Å². The fourth-order valence-electron chi connectivity index (χ4n) is 2.45. The van der Waals surface area contributed by atoms with Gasteiger partial charge in [-0.2, -0.15) is 0 Å². The van der Waals surface area contributed by atoms with Crippen molar-refractivity contribution < 1.29 is 9.90 Å². The minimum absolute atomic E-state index is 0.0437. The number of fused-ring (bicyclic) bond motifs is 1. The van der Waals surface area contributed by atoms with Gasteiger partial charge in [-0.25, -0.2) is 0 Å². The number of amides is 1. The predicted octanol–water partition coefficient (Wildman–Crippen LogP) is 1.98. The molecule has 1 saturated carbocycles. The summed E-state index contributed by atoms with van der Waals surface area (Å²) in [5.74, 6) is 0.718. The number of carbonyl (C=O) groups excluding carboxylic acids is 1. The smallest absolute Gasteiger partial charge is 0.252 e. The first kappa shape index (κ1) is 8.77. The largest absolute Gasteiger partial charge is 0.508 e. The number of phenols is 1. The van der Waals surface area contributed by atoms with Gasteiger partial charge in [-0.1, -0.05) is 12.5 Å². The highest BCUT2D eigenvalue weighted by Gasteiger charge is 2.36. The molecule has 0 bridgehead atoms. The van der Waals surface area contributed by atoms with Gasteiger partial charge in [-0.15, -0.1) is 0 Å². The Morgan fingerprint density at radius 3 is 2.80 bits per heavy atom. The van der Waals surface area contributed by atoms with E-state index in [-0.39, 0.29) is 17.7 Å². The maximum Gasteiger partial charge on any atom is 0.252 e. The van der Waals surface area contributed by atoms with Gasteiger partial charge in [0.15, 0.2) is 0 Å². The molecular formula is C12H13NO2. The van der Waals surface area contributed by atoms with Crippen molar-refractivity contribution >= 4 is 5.91 Å². The number of nitrogens with one attached hydrogen (secondary N) is 1. The molecule has 1 atom stereocenters. The topological polar surface area (TPSA) is 49.3 Å². The van der Waals surface area contributed by atoms with Gasteiger partial charge in [0.1, 0.15) is 5.75 Å². The van der Waals surface area contributed by atoms with E-state index < -0.39 is 0 Å². The molecule has 1 fully saturated rings. The van der Waals surface area contributed by atoms with E-state index >= 15 is 0 Å². The van der Waals surface area contributed by atoms with Crippen molar-refractivity contribution in [1.82, 2.24) is 5.32 Å². The monoisotopic (exact) mass is 203 g/mol. The van der Waals surface area contributed by atoms with Crippen molar-refractivity contribution in [2.45, 2.75) is 25.3 Å². The van der Waals surface area contributed by atoms with Gasteiger partial charge in [0.2, 0.25) is 0 Å². The summed E-state index contributed by atoms with van der Waals surface area (Å²) >= 11 is 0. The quantitative estimate of drug-likeness (QED) is 0.733. The lowest BCUT2D eigenvalue weighted by Gasteiger charge is -2.31. The van der Waals surface area contributed by atoms with Crippen LogP contribution in [-0.4, -0.2) is 11.0 Å². The number of aromatic hydroxyl groups is 1. The molecule has 3 nitrogen and oxygen atoms in total. The van der Waals surface area contributed by atoms with Gasteiger partial charge in [0.25, 0.3) is 5.91 Å². The molecule has 0 spiro atoms. The lowest BCUT2D eigenvalue weighted by Crippen LogP contribution is -2.29. The van der Waals surface area contributed by atoms with E-state index in [0.29, 0.717) is 11.5 Å². The molecular weight excluding hydrogens is 190 g/mol. The molecule has 1 aromatic carbocycles. The fraction of sp³-hybridized carbons (Fsp3) is 0.417. The fourth-order valence-corrected chi connectivity index (χ4v) is 2.45. The number of hydrogen-bond acceptors (Lipinski definition) is 2. The van der Waals surface area contributed by atoms with E-state index in [4.69, 9.17) is 0 Å². The molecule has 1 aliphatic carbocycles.